The summed E-state index contributed by atoms with van der Waals surface area (Å²) < 4.78 is 2.99. The third kappa shape index (κ3) is 4.16. The van der Waals surface area contributed by atoms with Gasteiger partial charge in [-0.2, -0.15) is 10.2 Å². The number of amides is 1. The average Bonchev–Trinajstić information content (AvgIpc) is 3.15. The zero-order chi connectivity index (χ0) is 22.8. The topological polar surface area (TPSA) is 81.8 Å². The summed E-state index contributed by atoms with van der Waals surface area (Å²) in [5, 5.41) is 13.0. The van der Waals surface area contributed by atoms with Crippen molar-refractivity contribution in [2.45, 2.75) is 33.2 Å². The predicted molar refractivity (Wildman–Crippen MR) is 125 cm³/mol. The van der Waals surface area contributed by atoms with Gasteiger partial charge in [0.15, 0.2) is 0 Å². The van der Waals surface area contributed by atoms with E-state index in [0.29, 0.717) is 40.3 Å². The van der Waals surface area contributed by atoms with Crippen LogP contribution in [0.4, 0.5) is 0 Å². The summed E-state index contributed by atoms with van der Waals surface area (Å²) in [6.07, 6.45) is 0.666. The maximum Gasteiger partial charge on any atom is 0.278 e. The Hall–Kier alpha value is -3.45. The first kappa shape index (κ1) is 21.8. The van der Waals surface area contributed by atoms with Gasteiger partial charge in [-0.3, -0.25) is 9.59 Å². The summed E-state index contributed by atoms with van der Waals surface area (Å²) in [5.41, 5.74) is 3.45. The smallest absolute Gasteiger partial charge is 0.278 e. The molecule has 2 aromatic carbocycles. The number of rotatable bonds is 6. The van der Waals surface area contributed by atoms with Crippen LogP contribution in [0.2, 0.25) is 5.02 Å². The molecule has 0 spiro atoms. The van der Waals surface area contributed by atoms with E-state index < -0.39 is 6.04 Å². The van der Waals surface area contributed by atoms with E-state index in [-0.39, 0.29) is 11.5 Å². The van der Waals surface area contributed by atoms with Crippen LogP contribution in [0.5, 0.6) is 0 Å². The molecule has 1 atom stereocenters. The molecular weight excluding hydrogens is 426 g/mol. The molecule has 0 saturated carbocycles. The van der Waals surface area contributed by atoms with E-state index >= 15 is 0 Å². The Morgan fingerprint density at radius 2 is 1.75 bits per heavy atom. The number of hydrogen-bond donors (Lipinski definition) is 1. The Morgan fingerprint density at radius 1 is 1.06 bits per heavy atom. The summed E-state index contributed by atoms with van der Waals surface area (Å²) in [6.45, 7) is 5.77. The lowest BCUT2D eigenvalue weighted by molar-refractivity contribution is -0.124. The molecule has 0 saturated heterocycles. The van der Waals surface area contributed by atoms with Crippen LogP contribution < -0.4 is 10.9 Å². The molecule has 0 aliphatic carbocycles. The number of nitrogens with one attached hydrogen (secondary N) is 1. The largest absolute Gasteiger partial charge is 0.354 e. The average molecular weight is 450 g/mol. The van der Waals surface area contributed by atoms with Gasteiger partial charge >= 0.3 is 0 Å². The summed E-state index contributed by atoms with van der Waals surface area (Å²) >= 11 is 5.91. The van der Waals surface area contributed by atoms with Crippen molar-refractivity contribution in [2.75, 3.05) is 6.54 Å². The Labute approximate surface area is 190 Å². The summed E-state index contributed by atoms with van der Waals surface area (Å²) in [6, 6.07) is 16.4. The number of carbonyl (C=O) groups is 1. The third-order valence-electron chi connectivity index (χ3n) is 5.51. The molecule has 164 valence electrons. The van der Waals surface area contributed by atoms with Crippen LogP contribution in [0.1, 0.15) is 29.9 Å². The number of aromatic nitrogens is 4. The number of hydrogen-bond acceptors (Lipinski definition) is 4. The molecule has 0 aliphatic heterocycles. The molecule has 32 heavy (non-hydrogen) atoms. The maximum atomic E-state index is 13.3. The fraction of sp³-hybridized carbons (Fsp3) is 0.250. The summed E-state index contributed by atoms with van der Waals surface area (Å²) in [7, 11) is 0. The van der Waals surface area contributed by atoms with Gasteiger partial charge in [-0.05, 0) is 57.0 Å². The van der Waals surface area contributed by atoms with E-state index in [4.69, 9.17) is 11.6 Å². The van der Waals surface area contributed by atoms with Crippen LogP contribution in [0.25, 0.3) is 16.6 Å². The Bertz CT molecular complexity index is 1330. The number of aryl methyl sites for hydroxylation is 2. The van der Waals surface area contributed by atoms with E-state index in [2.05, 4.69) is 15.5 Å². The quantitative estimate of drug-likeness (QED) is 0.485. The number of carbonyl (C=O) groups excluding carboxylic acids is 1. The second-order valence-electron chi connectivity index (χ2n) is 7.73. The predicted octanol–water partition coefficient (Wildman–Crippen LogP) is 3.77. The van der Waals surface area contributed by atoms with E-state index in [0.717, 1.165) is 11.3 Å². The molecular formula is C24H24ClN5O2. The van der Waals surface area contributed by atoms with Gasteiger partial charge in [-0.1, -0.05) is 41.9 Å². The van der Waals surface area contributed by atoms with Crippen LogP contribution in [0.15, 0.2) is 59.4 Å². The van der Waals surface area contributed by atoms with Crippen molar-refractivity contribution in [3.8, 4) is 5.69 Å². The first-order valence-electron chi connectivity index (χ1n) is 10.4. The minimum atomic E-state index is -0.754. The molecule has 0 bridgehead atoms. The molecule has 2 aromatic heterocycles. The molecule has 0 aliphatic rings. The Morgan fingerprint density at radius 3 is 2.44 bits per heavy atom. The standard InChI is InChI=1S/C24H24ClN5O2/c1-15-22-21(16(2)29(28-22)20-7-5-4-6-8-20)24(32)30(27-15)17(3)23(31)26-14-13-18-9-11-19(25)12-10-18/h4-12,17H,13-14H2,1-3H3,(H,26,31)/t17-/m1/s1. The molecule has 1 amide bonds. The Kier molecular flexibility index (Phi) is 6.10. The number of nitrogens with zero attached hydrogens (tertiary/aromatic N) is 4. The van der Waals surface area contributed by atoms with Gasteiger partial charge in [-0.15, -0.1) is 0 Å². The molecule has 8 heteroatoms. The van der Waals surface area contributed by atoms with Crippen molar-refractivity contribution >= 4 is 28.4 Å². The second-order valence-corrected chi connectivity index (χ2v) is 8.17. The highest BCUT2D eigenvalue weighted by atomic mass is 35.5. The second kappa shape index (κ2) is 8.96. The van der Waals surface area contributed by atoms with Gasteiger partial charge in [0, 0.05) is 11.6 Å². The summed E-state index contributed by atoms with van der Waals surface area (Å²) in [5.74, 6) is -0.264. The minimum Gasteiger partial charge on any atom is -0.354 e. The molecule has 7 nitrogen and oxygen atoms in total. The van der Waals surface area contributed by atoms with Gasteiger partial charge in [-0.25, -0.2) is 9.36 Å². The fourth-order valence-electron chi connectivity index (χ4n) is 3.70. The lowest BCUT2D eigenvalue weighted by Gasteiger charge is -2.15. The summed E-state index contributed by atoms with van der Waals surface area (Å²) in [4.78, 5) is 26.0. The maximum absolute atomic E-state index is 13.3. The molecule has 0 radical (unpaired) electrons. The SMILES string of the molecule is Cc1nn([C@H](C)C(=O)NCCc2ccc(Cl)cc2)c(=O)c2c(C)n(-c3ccccc3)nc12. The van der Waals surface area contributed by atoms with E-state index in [1.807, 2.05) is 61.5 Å². The molecule has 4 rings (SSSR count). The zero-order valence-electron chi connectivity index (χ0n) is 18.2. The first-order chi connectivity index (χ1) is 15.4. The Balaban J connectivity index is 1.58. The highest BCUT2D eigenvalue weighted by Gasteiger charge is 2.23. The first-order valence-corrected chi connectivity index (χ1v) is 10.8. The van der Waals surface area contributed by atoms with Gasteiger partial charge in [0.1, 0.15) is 11.6 Å². The molecule has 2 heterocycles. The van der Waals surface area contributed by atoms with Crippen molar-refractivity contribution in [3.05, 3.63) is 86.9 Å². The van der Waals surface area contributed by atoms with E-state index in [1.165, 1.54) is 4.68 Å². The van der Waals surface area contributed by atoms with Crippen molar-refractivity contribution < 1.29 is 4.79 Å². The van der Waals surface area contributed by atoms with Gasteiger partial charge < -0.3 is 5.32 Å². The normalized spacial score (nSPS) is 12.1. The van der Waals surface area contributed by atoms with Crippen LogP contribution in [-0.4, -0.2) is 32.0 Å². The van der Waals surface area contributed by atoms with Gasteiger partial charge in [0.25, 0.3) is 5.56 Å². The van der Waals surface area contributed by atoms with Crippen molar-refractivity contribution in [1.82, 2.24) is 24.9 Å². The van der Waals surface area contributed by atoms with E-state index in [9.17, 15) is 9.59 Å². The van der Waals surface area contributed by atoms with Gasteiger partial charge in [0.05, 0.1) is 22.5 Å². The van der Waals surface area contributed by atoms with Gasteiger partial charge in [0.2, 0.25) is 5.91 Å². The van der Waals surface area contributed by atoms with E-state index in [1.54, 1.807) is 18.5 Å². The van der Waals surface area contributed by atoms with Crippen LogP contribution in [0.3, 0.4) is 0 Å². The lowest BCUT2D eigenvalue weighted by Crippen LogP contribution is -2.38. The lowest BCUT2D eigenvalue weighted by atomic mass is 10.1. The number of benzene rings is 2. The minimum absolute atomic E-state index is 0.264. The molecule has 1 N–H and O–H groups in total. The molecule has 4 aromatic rings. The number of halogens is 1. The zero-order valence-corrected chi connectivity index (χ0v) is 18.9. The van der Waals surface area contributed by atoms with Crippen molar-refractivity contribution in [3.63, 3.8) is 0 Å². The van der Waals surface area contributed by atoms with Crippen LogP contribution >= 0.6 is 11.6 Å². The van der Waals surface area contributed by atoms with Crippen molar-refractivity contribution in [2.24, 2.45) is 0 Å². The fourth-order valence-corrected chi connectivity index (χ4v) is 3.83. The van der Waals surface area contributed by atoms with Crippen LogP contribution in [0, 0.1) is 13.8 Å². The third-order valence-corrected chi connectivity index (χ3v) is 5.76. The number of fused-ring (bicyclic) bond motifs is 1. The highest BCUT2D eigenvalue weighted by molar-refractivity contribution is 6.30. The molecule has 0 fully saturated rings. The van der Waals surface area contributed by atoms with Crippen molar-refractivity contribution in [1.29, 1.82) is 0 Å². The highest BCUT2D eigenvalue weighted by Crippen LogP contribution is 2.20. The number of para-hydroxylation sites is 1. The van der Waals surface area contributed by atoms with Crippen LogP contribution in [-0.2, 0) is 11.2 Å². The monoisotopic (exact) mass is 449 g/mol. The molecule has 0 unspecified atom stereocenters.